The van der Waals surface area contributed by atoms with Crippen molar-refractivity contribution in [2.24, 2.45) is 11.8 Å². The Labute approximate surface area is 100 Å². The Hall–Kier alpha value is -1.71. The van der Waals surface area contributed by atoms with Gasteiger partial charge in [0.25, 0.3) is 0 Å². The Balaban J connectivity index is 2.15. The molecule has 0 aliphatic carbocycles. The molecule has 1 atom stereocenters. The fourth-order valence-electron chi connectivity index (χ4n) is 1.93. The number of ether oxygens (including phenoxy) is 2. The van der Waals surface area contributed by atoms with Gasteiger partial charge in [-0.3, -0.25) is 4.79 Å². The molecule has 0 spiro atoms. The maximum absolute atomic E-state index is 11.1. The topological polar surface area (TPSA) is 55.8 Å². The van der Waals surface area contributed by atoms with E-state index in [-0.39, 0.29) is 18.6 Å². The Kier molecular flexibility index (Phi) is 3.22. The minimum absolute atomic E-state index is 0.109. The molecular formula is C13H16O4. The molecule has 0 aromatic heterocycles. The van der Waals surface area contributed by atoms with Crippen molar-refractivity contribution in [3.8, 4) is 11.5 Å². The van der Waals surface area contributed by atoms with Gasteiger partial charge in [-0.05, 0) is 30.0 Å². The highest BCUT2D eigenvalue weighted by Crippen LogP contribution is 2.33. The van der Waals surface area contributed by atoms with Crippen LogP contribution in [0.15, 0.2) is 18.2 Å². The molecular weight excluding hydrogens is 220 g/mol. The van der Waals surface area contributed by atoms with E-state index in [9.17, 15) is 4.79 Å². The van der Waals surface area contributed by atoms with E-state index in [2.05, 4.69) is 0 Å². The van der Waals surface area contributed by atoms with Crippen LogP contribution in [0.3, 0.4) is 0 Å². The second-order valence-corrected chi connectivity index (χ2v) is 4.58. The first-order valence-corrected chi connectivity index (χ1v) is 5.69. The zero-order valence-electron chi connectivity index (χ0n) is 9.97. The highest BCUT2D eigenvalue weighted by atomic mass is 16.7. The predicted molar refractivity (Wildman–Crippen MR) is 62.2 cm³/mol. The molecule has 4 nitrogen and oxygen atoms in total. The zero-order chi connectivity index (χ0) is 12.4. The van der Waals surface area contributed by atoms with Crippen molar-refractivity contribution in [3.63, 3.8) is 0 Å². The molecule has 0 saturated heterocycles. The molecule has 1 aliphatic rings. The van der Waals surface area contributed by atoms with Crippen LogP contribution in [0.1, 0.15) is 19.4 Å². The molecule has 1 aromatic rings. The second kappa shape index (κ2) is 4.65. The molecule has 0 saturated carbocycles. The molecule has 1 unspecified atom stereocenters. The van der Waals surface area contributed by atoms with Crippen LogP contribution in [-0.4, -0.2) is 17.9 Å². The highest BCUT2D eigenvalue weighted by Gasteiger charge is 2.23. The van der Waals surface area contributed by atoms with Gasteiger partial charge < -0.3 is 14.6 Å². The molecule has 1 heterocycles. The molecule has 2 rings (SSSR count). The number of fused-ring (bicyclic) bond motifs is 1. The molecule has 0 amide bonds. The second-order valence-electron chi connectivity index (χ2n) is 4.58. The van der Waals surface area contributed by atoms with Gasteiger partial charge in [0.2, 0.25) is 6.79 Å². The standard InChI is InChI=1S/C13H16O4/c1-8(2)10(13(14)15)5-9-3-4-11-12(6-9)17-7-16-11/h3-4,6,8,10H,5,7H2,1-2H3,(H,14,15). The molecule has 1 aromatic carbocycles. The lowest BCUT2D eigenvalue weighted by Gasteiger charge is -2.16. The number of aliphatic carboxylic acids is 1. The van der Waals surface area contributed by atoms with Crippen LogP contribution < -0.4 is 9.47 Å². The van der Waals surface area contributed by atoms with Gasteiger partial charge in [-0.25, -0.2) is 0 Å². The SMILES string of the molecule is CC(C)C(Cc1ccc2c(c1)OCO2)C(=O)O. The molecule has 0 bridgehead atoms. The summed E-state index contributed by atoms with van der Waals surface area (Å²) in [7, 11) is 0. The average Bonchev–Trinajstić information content (AvgIpc) is 2.71. The van der Waals surface area contributed by atoms with E-state index >= 15 is 0 Å². The van der Waals surface area contributed by atoms with Crippen LogP contribution in [0, 0.1) is 11.8 Å². The van der Waals surface area contributed by atoms with Crippen molar-refractivity contribution in [2.75, 3.05) is 6.79 Å². The molecule has 0 radical (unpaired) electrons. The quantitative estimate of drug-likeness (QED) is 0.871. The lowest BCUT2D eigenvalue weighted by Crippen LogP contribution is -2.22. The summed E-state index contributed by atoms with van der Waals surface area (Å²) in [5.74, 6) is 0.423. The van der Waals surface area contributed by atoms with E-state index in [4.69, 9.17) is 14.6 Å². The third-order valence-corrected chi connectivity index (χ3v) is 3.01. The lowest BCUT2D eigenvalue weighted by atomic mass is 9.89. The van der Waals surface area contributed by atoms with Crippen LogP contribution >= 0.6 is 0 Å². The van der Waals surface area contributed by atoms with E-state index < -0.39 is 5.97 Å². The summed E-state index contributed by atoms with van der Waals surface area (Å²) >= 11 is 0. The number of benzene rings is 1. The van der Waals surface area contributed by atoms with Crippen molar-refractivity contribution in [2.45, 2.75) is 20.3 Å². The van der Waals surface area contributed by atoms with Gasteiger partial charge in [-0.1, -0.05) is 19.9 Å². The van der Waals surface area contributed by atoms with Crippen LogP contribution in [0.5, 0.6) is 11.5 Å². The Morgan fingerprint density at radius 2 is 2.06 bits per heavy atom. The van der Waals surface area contributed by atoms with Crippen LogP contribution in [0.2, 0.25) is 0 Å². The van der Waals surface area contributed by atoms with Crippen LogP contribution in [0.4, 0.5) is 0 Å². The fraction of sp³-hybridized carbons (Fsp3) is 0.462. The smallest absolute Gasteiger partial charge is 0.307 e. The van der Waals surface area contributed by atoms with E-state index in [1.807, 2.05) is 32.0 Å². The van der Waals surface area contributed by atoms with Crippen molar-refractivity contribution >= 4 is 5.97 Å². The average molecular weight is 236 g/mol. The number of carboxylic acids is 1. The number of rotatable bonds is 4. The van der Waals surface area contributed by atoms with Gasteiger partial charge in [0.15, 0.2) is 11.5 Å². The summed E-state index contributed by atoms with van der Waals surface area (Å²) in [6.07, 6.45) is 0.518. The van der Waals surface area contributed by atoms with Crippen LogP contribution in [-0.2, 0) is 11.2 Å². The van der Waals surface area contributed by atoms with Gasteiger partial charge in [-0.2, -0.15) is 0 Å². The summed E-state index contributed by atoms with van der Waals surface area (Å²) in [5, 5.41) is 9.14. The van der Waals surface area contributed by atoms with Crippen molar-refractivity contribution in [1.82, 2.24) is 0 Å². The molecule has 92 valence electrons. The van der Waals surface area contributed by atoms with E-state index in [1.165, 1.54) is 0 Å². The van der Waals surface area contributed by atoms with Crippen LogP contribution in [0.25, 0.3) is 0 Å². The van der Waals surface area contributed by atoms with E-state index in [1.54, 1.807) is 0 Å². The predicted octanol–water partition coefficient (Wildman–Crippen LogP) is 2.31. The molecule has 0 fully saturated rings. The first-order chi connectivity index (χ1) is 8.08. The number of carboxylic acid groups (broad SMARTS) is 1. The van der Waals surface area contributed by atoms with Gasteiger partial charge >= 0.3 is 5.97 Å². The maximum atomic E-state index is 11.1. The highest BCUT2D eigenvalue weighted by molar-refractivity contribution is 5.70. The summed E-state index contributed by atoms with van der Waals surface area (Å²) < 4.78 is 10.5. The van der Waals surface area contributed by atoms with E-state index in [0.717, 1.165) is 11.3 Å². The van der Waals surface area contributed by atoms with Crippen molar-refractivity contribution in [3.05, 3.63) is 23.8 Å². The maximum Gasteiger partial charge on any atom is 0.307 e. The zero-order valence-corrected chi connectivity index (χ0v) is 9.97. The normalized spacial score (nSPS) is 15.0. The summed E-state index contributed by atoms with van der Waals surface area (Å²) in [6.45, 7) is 4.09. The Bertz CT molecular complexity index is 425. The van der Waals surface area contributed by atoms with Gasteiger partial charge in [-0.15, -0.1) is 0 Å². The van der Waals surface area contributed by atoms with Crippen molar-refractivity contribution in [1.29, 1.82) is 0 Å². The Morgan fingerprint density at radius 3 is 2.71 bits per heavy atom. The number of hydrogen-bond acceptors (Lipinski definition) is 3. The minimum atomic E-state index is -0.752. The van der Waals surface area contributed by atoms with Gasteiger partial charge in [0, 0.05) is 0 Å². The molecule has 1 aliphatic heterocycles. The van der Waals surface area contributed by atoms with Gasteiger partial charge in [0.05, 0.1) is 5.92 Å². The lowest BCUT2D eigenvalue weighted by molar-refractivity contribution is -0.143. The summed E-state index contributed by atoms with van der Waals surface area (Å²) in [4.78, 5) is 11.1. The Morgan fingerprint density at radius 1 is 1.35 bits per heavy atom. The first-order valence-electron chi connectivity index (χ1n) is 5.69. The summed E-state index contributed by atoms with van der Waals surface area (Å²) in [5.41, 5.74) is 0.968. The fourth-order valence-corrected chi connectivity index (χ4v) is 1.93. The largest absolute Gasteiger partial charge is 0.481 e. The third kappa shape index (κ3) is 2.52. The third-order valence-electron chi connectivity index (χ3n) is 3.01. The molecule has 17 heavy (non-hydrogen) atoms. The minimum Gasteiger partial charge on any atom is -0.481 e. The first kappa shape index (κ1) is 11.8. The molecule has 4 heteroatoms. The number of hydrogen-bond donors (Lipinski definition) is 1. The van der Waals surface area contributed by atoms with Gasteiger partial charge in [0.1, 0.15) is 0 Å². The number of carbonyl (C=O) groups is 1. The van der Waals surface area contributed by atoms with Crippen molar-refractivity contribution < 1.29 is 19.4 Å². The molecule has 1 N–H and O–H groups in total. The van der Waals surface area contributed by atoms with E-state index in [0.29, 0.717) is 12.2 Å². The summed E-state index contributed by atoms with van der Waals surface area (Å²) in [6, 6.07) is 5.59. The monoisotopic (exact) mass is 236 g/mol.